The molecule has 1 heterocycles. The minimum Gasteiger partial charge on any atom is -0.271 e. The highest BCUT2D eigenvalue weighted by Crippen LogP contribution is 2.12. The summed E-state index contributed by atoms with van der Waals surface area (Å²) >= 11 is 0. The Morgan fingerprint density at radius 3 is 2.56 bits per heavy atom. The lowest BCUT2D eigenvalue weighted by atomic mass is 10.1. The van der Waals surface area contributed by atoms with Crippen LogP contribution >= 0.6 is 0 Å². The van der Waals surface area contributed by atoms with Crippen LogP contribution in [0.1, 0.15) is 24.7 Å². The maximum absolute atomic E-state index is 11.0. The lowest BCUT2D eigenvalue weighted by Gasteiger charge is -2.13. The molecule has 0 aliphatic carbocycles. The van der Waals surface area contributed by atoms with Crippen molar-refractivity contribution in [1.29, 1.82) is 0 Å². The van der Waals surface area contributed by atoms with Crippen LogP contribution in [0.3, 0.4) is 0 Å². The van der Waals surface area contributed by atoms with Crippen LogP contribution in [0.25, 0.3) is 0 Å². The summed E-state index contributed by atoms with van der Waals surface area (Å²) in [6.07, 6.45) is 5.60. The standard InChI is InChI=1S/C9H16N4O2S/c1-16(14,15)7-2-4-8(13-10)9-11-5-3-6-12-9/h3,5-6,8,13H,2,4,7,10H2,1H3. The number of sulfone groups is 1. The summed E-state index contributed by atoms with van der Waals surface area (Å²) in [4.78, 5) is 8.12. The molecular formula is C9H16N4O2S. The molecule has 7 heteroatoms. The van der Waals surface area contributed by atoms with Crippen molar-refractivity contribution in [3.63, 3.8) is 0 Å². The van der Waals surface area contributed by atoms with Crippen LogP contribution < -0.4 is 11.3 Å². The summed E-state index contributed by atoms with van der Waals surface area (Å²) in [6.45, 7) is 0. The van der Waals surface area contributed by atoms with Gasteiger partial charge in [-0.05, 0) is 18.9 Å². The van der Waals surface area contributed by atoms with Gasteiger partial charge in [-0.25, -0.2) is 23.8 Å². The first kappa shape index (κ1) is 13.0. The normalized spacial score (nSPS) is 13.6. The third kappa shape index (κ3) is 4.65. The van der Waals surface area contributed by atoms with Gasteiger partial charge in [0.1, 0.15) is 15.7 Å². The molecule has 0 spiro atoms. The SMILES string of the molecule is CS(=O)(=O)CCCC(NN)c1ncccn1. The Hall–Kier alpha value is -1.05. The Morgan fingerprint density at radius 2 is 2.06 bits per heavy atom. The van der Waals surface area contributed by atoms with Crippen LogP contribution in [0, 0.1) is 0 Å². The number of nitrogens with one attached hydrogen (secondary N) is 1. The van der Waals surface area contributed by atoms with Crippen molar-refractivity contribution in [1.82, 2.24) is 15.4 Å². The molecule has 16 heavy (non-hydrogen) atoms. The largest absolute Gasteiger partial charge is 0.271 e. The van der Waals surface area contributed by atoms with Gasteiger partial charge in [0.25, 0.3) is 0 Å². The molecular weight excluding hydrogens is 228 g/mol. The van der Waals surface area contributed by atoms with E-state index in [2.05, 4.69) is 15.4 Å². The van der Waals surface area contributed by atoms with Crippen molar-refractivity contribution in [2.45, 2.75) is 18.9 Å². The van der Waals surface area contributed by atoms with Crippen LogP contribution in [0.15, 0.2) is 18.5 Å². The van der Waals surface area contributed by atoms with Crippen molar-refractivity contribution in [3.05, 3.63) is 24.3 Å². The van der Waals surface area contributed by atoms with Crippen LogP contribution in [0.4, 0.5) is 0 Å². The summed E-state index contributed by atoms with van der Waals surface area (Å²) < 4.78 is 21.9. The molecule has 0 aliphatic heterocycles. The molecule has 0 aliphatic rings. The van der Waals surface area contributed by atoms with Gasteiger partial charge in [-0.3, -0.25) is 5.84 Å². The second kappa shape index (κ2) is 5.88. The minimum absolute atomic E-state index is 0.151. The molecule has 1 rings (SSSR count). The maximum atomic E-state index is 11.0. The number of hydrogen-bond acceptors (Lipinski definition) is 6. The fraction of sp³-hybridized carbons (Fsp3) is 0.556. The van der Waals surface area contributed by atoms with Gasteiger partial charge in [-0.15, -0.1) is 0 Å². The number of aromatic nitrogens is 2. The van der Waals surface area contributed by atoms with E-state index >= 15 is 0 Å². The molecule has 90 valence electrons. The Bertz CT molecular complexity index is 407. The molecule has 0 saturated heterocycles. The third-order valence-electron chi connectivity index (χ3n) is 2.11. The second-order valence-electron chi connectivity index (χ2n) is 3.60. The van der Waals surface area contributed by atoms with E-state index in [-0.39, 0.29) is 11.8 Å². The molecule has 0 saturated carbocycles. The first-order chi connectivity index (χ1) is 7.53. The van der Waals surface area contributed by atoms with Crippen LogP contribution in [-0.2, 0) is 9.84 Å². The third-order valence-corrected chi connectivity index (χ3v) is 3.14. The molecule has 0 bridgehead atoms. The zero-order valence-corrected chi connectivity index (χ0v) is 9.94. The van der Waals surface area contributed by atoms with Crippen LogP contribution in [0.5, 0.6) is 0 Å². The summed E-state index contributed by atoms with van der Waals surface area (Å²) in [7, 11) is -2.92. The zero-order valence-electron chi connectivity index (χ0n) is 9.13. The molecule has 0 radical (unpaired) electrons. The summed E-state index contributed by atoms with van der Waals surface area (Å²) in [5, 5.41) is 0. The average molecular weight is 244 g/mol. The van der Waals surface area contributed by atoms with E-state index in [1.807, 2.05) is 0 Å². The van der Waals surface area contributed by atoms with Crippen molar-refractivity contribution in [2.75, 3.05) is 12.0 Å². The number of hydrogen-bond donors (Lipinski definition) is 2. The van der Waals surface area contributed by atoms with Crippen molar-refractivity contribution < 1.29 is 8.42 Å². The number of nitrogens with zero attached hydrogens (tertiary/aromatic N) is 2. The molecule has 0 fully saturated rings. The van der Waals surface area contributed by atoms with E-state index in [0.29, 0.717) is 18.7 Å². The van der Waals surface area contributed by atoms with Gasteiger partial charge in [0.05, 0.1) is 6.04 Å². The quantitative estimate of drug-likeness (QED) is 0.531. The first-order valence-corrected chi connectivity index (χ1v) is 7.00. The summed E-state index contributed by atoms with van der Waals surface area (Å²) in [5.41, 5.74) is 2.58. The lowest BCUT2D eigenvalue weighted by Crippen LogP contribution is -2.29. The van der Waals surface area contributed by atoms with E-state index in [0.717, 1.165) is 0 Å². The molecule has 0 amide bonds. The first-order valence-electron chi connectivity index (χ1n) is 4.93. The number of hydrazine groups is 1. The molecule has 3 N–H and O–H groups in total. The van der Waals surface area contributed by atoms with E-state index in [1.165, 1.54) is 6.26 Å². The highest BCUT2D eigenvalue weighted by molar-refractivity contribution is 7.90. The van der Waals surface area contributed by atoms with Gasteiger partial charge >= 0.3 is 0 Å². The van der Waals surface area contributed by atoms with Gasteiger partial charge < -0.3 is 0 Å². The Balaban J connectivity index is 2.51. The van der Waals surface area contributed by atoms with Crippen molar-refractivity contribution in [3.8, 4) is 0 Å². The van der Waals surface area contributed by atoms with Gasteiger partial charge in [-0.1, -0.05) is 0 Å². The van der Waals surface area contributed by atoms with Crippen molar-refractivity contribution in [2.24, 2.45) is 5.84 Å². The number of nitrogens with two attached hydrogens (primary N) is 1. The maximum Gasteiger partial charge on any atom is 0.147 e. The summed E-state index contributed by atoms with van der Waals surface area (Å²) in [6, 6.07) is 1.51. The molecule has 1 aromatic heterocycles. The van der Waals surface area contributed by atoms with E-state index in [9.17, 15) is 8.42 Å². The summed E-state index contributed by atoms with van der Waals surface area (Å²) in [5.74, 6) is 6.11. The van der Waals surface area contributed by atoms with E-state index in [4.69, 9.17) is 5.84 Å². The van der Waals surface area contributed by atoms with Crippen molar-refractivity contribution >= 4 is 9.84 Å². The molecule has 1 atom stereocenters. The van der Waals surface area contributed by atoms with Crippen LogP contribution in [0.2, 0.25) is 0 Å². The molecule has 0 aromatic carbocycles. The monoisotopic (exact) mass is 244 g/mol. The lowest BCUT2D eigenvalue weighted by molar-refractivity contribution is 0.484. The van der Waals surface area contributed by atoms with E-state index < -0.39 is 9.84 Å². The fourth-order valence-electron chi connectivity index (χ4n) is 1.33. The number of rotatable bonds is 6. The highest BCUT2D eigenvalue weighted by atomic mass is 32.2. The molecule has 6 nitrogen and oxygen atoms in total. The molecule has 1 unspecified atom stereocenters. The fourth-order valence-corrected chi connectivity index (χ4v) is 2.02. The Labute approximate surface area is 95.2 Å². The predicted octanol–water partition coefficient (Wildman–Crippen LogP) is -0.194. The second-order valence-corrected chi connectivity index (χ2v) is 5.86. The zero-order chi connectivity index (χ0) is 12.0. The van der Waals surface area contributed by atoms with Gasteiger partial charge in [-0.2, -0.15) is 0 Å². The topological polar surface area (TPSA) is 98.0 Å². The van der Waals surface area contributed by atoms with Gasteiger partial charge in [0.15, 0.2) is 0 Å². The van der Waals surface area contributed by atoms with Gasteiger partial charge in [0.2, 0.25) is 0 Å². The van der Waals surface area contributed by atoms with Gasteiger partial charge in [0, 0.05) is 24.4 Å². The highest BCUT2D eigenvalue weighted by Gasteiger charge is 2.13. The average Bonchev–Trinajstić information content (AvgIpc) is 2.24. The van der Waals surface area contributed by atoms with E-state index in [1.54, 1.807) is 18.5 Å². The minimum atomic E-state index is -2.92. The molecule has 1 aromatic rings. The van der Waals surface area contributed by atoms with Crippen LogP contribution in [-0.4, -0.2) is 30.4 Å². The Kier molecular flexibility index (Phi) is 4.78. The Morgan fingerprint density at radius 1 is 1.44 bits per heavy atom. The smallest absolute Gasteiger partial charge is 0.147 e. The predicted molar refractivity (Wildman–Crippen MR) is 61.0 cm³/mol.